The quantitative estimate of drug-likeness (QED) is 0.832. The van der Waals surface area contributed by atoms with Crippen LogP contribution in [0.3, 0.4) is 0 Å². The van der Waals surface area contributed by atoms with Crippen molar-refractivity contribution in [2.75, 3.05) is 6.54 Å². The standard InChI is InChI=1S/C14H22BrN/c1-4-9-16-12(3)11(2)10-13-5-7-14(15)8-6-13/h5-8,11-12,16H,4,9-10H2,1-3H3. The molecule has 0 aliphatic carbocycles. The van der Waals surface area contributed by atoms with Gasteiger partial charge in [0.25, 0.3) is 0 Å². The van der Waals surface area contributed by atoms with Gasteiger partial charge in [-0.1, -0.05) is 41.9 Å². The first-order chi connectivity index (χ1) is 7.63. The smallest absolute Gasteiger partial charge is 0.0175 e. The Kier molecular flexibility index (Phi) is 6.07. The van der Waals surface area contributed by atoms with E-state index in [1.54, 1.807) is 0 Å². The largest absolute Gasteiger partial charge is 0.314 e. The fourth-order valence-electron chi connectivity index (χ4n) is 1.74. The second kappa shape index (κ2) is 7.08. The number of benzene rings is 1. The lowest BCUT2D eigenvalue weighted by atomic mass is 9.95. The van der Waals surface area contributed by atoms with E-state index in [0.717, 1.165) is 17.4 Å². The maximum atomic E-state index is 3.55. The summed E-state index contributed by atoms with van der Waals surface area (Å²) in [6, 6.07) is 9.22. The Hall–Kier alpha value is -0.340. The van der Waals surface area contributed by atoms with Gasteiger partial charge in [0.2, 0.25) is 0 Å². The van der Waals surface area contributed by atoms with E-state index in [-0.39, 0.29) is 0 Å². The Bertz CT molecular complexity index is 294. The molecule has 0 aliphatic rings. The molecule has 1 aromatic rings. The molecule has 1 N–H and O–H groups in total. The summed E-state index contributed by atoms with van der Waals surface area (Å²) in [4.78, 5) is 0. The topological polar surface area (TPSA) is 12.0 Å². The predicted molar refractivity (Wildman–Crippen MR) is 74.8 cm³/mol. The van der Waals surface area contributed by atoms with Crippen molar-refractivity contribution in [2.24, 2.45) is 5.92 Å². The summed E-state index contributed by atoms with van der Waals surface area (Å²) >= 11 is 3.46. The summed E-state index contributed by atoms with van der Waals surface area (Å²) in [5.41, 5.74) is 1.42. The van der Waals surface area contributed by atoms with Gasteiger partial charge in [0, 0.05) is 10.5 Å². The van der Waals surface area contributed by atoms with E-state index in [1.807, 2.05) is 0 Å². The number of hydrogen-bond acceptors (Lipinski definition) is 1. The first-order valence-electron chi connectivity index (χ1n) is 6.11. The van der Waals surface area contributed by atoms with Crippen LogP contribution in [-0.2, 0) is 6.42 Å². The highest BCUT2D eigenvalue weighted by molar-refractivity contribution is 9.10. The molecule has 16 heavy (non-hydrogen) atoms. The van der Waals surface area contributed by atoms with Crippen LogP contribution in [0.2, 0.25) is 0 Å². The maximum absolute atomic E-state index is 3.55. The number of hydrogen-bond donors (Lipinski definition) is 1. The van der Waals surface area contributed by atoms with Gasteiger partial charge in [-0.15, -0.1) is 0 Å². The van der Waals surface area contributed by atoms with Gasteiger partial charge in [-0.25, -0.2) is 0 Å². The van der Waals surface area contributed by atoms with Crippen LogP contribution in [0.15, 0.2) is 28.7 Å². The molecule has 0 aromatic heterocycles. The van der Waals surface area contributed by atoms with Crippen molar-refractivity contribution >= 4 is 15.9 Å². The molecule has 0 spiro atoms. The second-order valence-corrected chi connectivity index (χ2v) is 5.47. The first-order valence-corrected chi connectivity index (χ1v) is 6.90. The van der Waals surface area contributed by atoms with Crippen LogP contribution in [0.5, 0.6) is 0 Å². The van der Waals surface area contributed by atoms with Gasteiger partial charge < -0.3 is 5.32 Å². The van der Waals surface area contributed by atoms with E-state index in [0.29, 0.717) is 12.0 Å². The SMILES string of the molecule is CCCNC(C)C(C)Cc1ccc(Br)cc1. The van der Waals surface area contributed by atoms with Gasteiger partial charge in [-0.3, -0.25) is 0 Å². The van der Waals surface area contributed by atoms with Crippen molar-refractivity contribution in [1.29, 1.82) is 0 Å². The molecule has 0 fully saturated rings. The van der Waals surface area contributed by atoms with Gasteiger partial charge in [0.1, 0.15) is 0 Å². The molecule has 1 nitrogen and oxygen atoms in total. The molecule has 0 radical (unpaired) electrons. The van der Waals surface area contributed by atoms with E-state index in [4.69, 9.17) is 0 Å². The van der Waals surface area contributed by atoms with Crippen LogP contribution in [-0.4, -0.2) is 12.6 Å². The Morgan fingerprint density at radius 3 is 2.38 bits per heavy atom. The van der Waals surface area contributed by atoms with Gasteiger partial charge >= 0.3 is 0 Å². The molecule has 2 atom stereocenters. The molecule has 0 amide bonds. The Morgan fingerprint density at radius 2 is 1.81 bits per heavy atom. The molecule has 2 heteroatoms. The summed E-state index contributed by atoms with van der Waals surface area (Å²) < 4.78 is 1.15. The number of rotatable bonds is 6. The number of nitrogens with one attached hydrogen (secondary N) is 1. The second-order valence-electron chi connectivity index (χ2n) is 4.55. The highest BCUT2D eigenvalue weighted by Crippen LogP contribution is 2.15. The van der Waals surface area contributed by atoms with Crippen molar-refractivity contribution in [3.05, 3.63) is 34.3 Å². The lowest BCUT2D eigenvalue weighted by Crippen LogP contribution is -2.33. The van der Waals surface area contributed by atoms with Crippen LogP contribution >= 0.6 is 15.9 Å². The highest BCUT2D eigenvalue weighted by atomic mass is 79.9. The minimum Gasteiger partial charge on any atom is -0.314 e. The van der Waals surface area contributed by atoms with Gasteiger partial charge in [0.15, 0.2) is 0 Å². The molecular formula is C14H22BrN. The lowest BCUT2D eigenvalue weighted by molar-refractivity contribution is 0.399. The van der Waals surface area contributed by atoms with E-state index in [2.05, 4.69) is 66.3 Å². The molecule has 0 aliphatic heterocycles. The van der Waals surface area contributed by atoms with E-state index in [1.165, 1.54) is 12.0 Å². The fraction of sp³-hybridized carbons (Fsp3) is 0.571. The van der Waals surface area contributed by atoms with E-state index < -0.39 is 0 Å². The zero-order valence-corrected chi connectivity index (χ0v) is 12.0. The lowest BCUT2D eigenvalue weighted by Gasteiger charge is -2.21. The van der Waals surface area contributed by atoms with Gasteiger partial charge in [-0.2, -0.15) is 0 Å². The van der Waals surface area contributed by atoms with Crippen molar-refractivity contribution in [3.8, 4) is 0 Å². The zero-order valence-electron chi connectivity index (χ0n) is 10.5. The average Bonchev–Trinajstić information content (AvgIpc) is 2.29. The van der Waals surface area contributed by atoms with Crippen LogP contribution in [0.25, 0.3) is 0 Å². The van der Waals surface area contributed by atoms with Crippen LogP contribution in [0, 0.1) is 5.92 Å². The molecule has 0 heterocycles. The van der Waals surface area contributed by atoms with Crippen molar-refractivity contribution in [1.82, 2.24) is 5.32 Å². The van der Waals surface area contributed by atoms with Crippen LogP contribution in [0.4, 0.5) is 0 Å². The normalized spacial score (nSPS) is 14.8. The Balaban J connectivity index is 2.43. The highest BCUT2D eigenvalue weighted by Gasteiger charge is 2.11. The van der Waals surface area contributed by atoms with E-state index >= 15 is 0 Å². The third-order valence-corrected chi connectivity index (χ3v) is 3.57. The summed E-state index contributed by atoms with van der Waals surface area (Å²) in [6.07, 6.45) is 2.35. The minimum atomic E-state index is 0.587. The third kappa shape index (κ3) is 4.67. The van der Waals surface area contributed by atoms with Crippen molar-refractivity contribution in [3.63, 3.8) is 0 Å². The predicted octanol–water partition coefficient (Wildman–Crippen LogP) is 4.02. The molecule has 0 saturated carbocycles. The first kappa shape index (κ1) is 13.7. The molecule has 1 rings (SSSR count). The molecule has 2 unspecified atom stereocenters. The minimum absolute atomic E-state index is 0.587. The maximum Gasteiger partial charge on any atom is 0.0175 e. The molecule has 1 aromatic carbocycles. The summed E-state index contributed by atoms with van der Waals surface area (Å²) in [5, 5.41) is 3.55. The van der Waals surface area contributed by atoms with Gasteiger partial charge in [0.05, 0.1) is 0 Å². The van der Waals surface area contributed by atoms with Crippen LogP contribution < -0.4 is 5.32 Å². The van der Waals surface area contributed by atoms with Gasteiger partial charge in [-0.05, 0) is 49.9 Å². The Morgan fingerprint density at radius 1 is 1.19 bits per heavy atom. The summed E-state index contributed by atoms with van der Waals surface area (Å²) in [7, 11) is 0. The Labute approximate surface area is 108 Å². The molecule has 0 bridgehead atoms. The van der Waals surface area contributed by atoms with Crippen molar-refractivity contribution < 1.29 is 0 Å². The molecule has 90 valence electrons. The summed E-state index contributed by atoms with van der Waals surface area (Å²) in [5.74, 6) is 0.674. The third-order valence-electron chi connectivity index (χ3n) is 3.04. The van der Waals surface area contributed by atoms with E-state index in [9.17, 15) is 0 Å². The fourth-order valence-corrected chi connectivity index (χ4v) is 2.01. The molecular weight excluding hydrogens is 262 g/mol. The summed E-state index contributed by atoms with van der Waals surface area (Å²) in [6.45, 7) is 7.92. The van der Waals surface area contributed by atoms with Crippen LogP contribution in [0.1, 0.15) is 32.8 Å². The zero-order chi connectivity index (χ0) is 12.0. The number of halogens is 1. The monoisotopic (exact) mass is 283 g/mol. The van der Waals surface area contributed by atoms with Crippen molar-refractivity contribution in [2.45, 2.75) is 39.7 Å². The molecule has 0 saturated heterocycles. The average molecular weight is 284 g/mol.